The molecule has 0 spiro atoms. The first kappa shape index (κ1) is 14.1. The molecule has 3 rings (SSSR count). The first-order chi connectivity index (χ1) is 9.63. The monoisotopic (exact) mass is 292 g/mol. The zero-order chi connectivity index (χ0) is 14.3. The highest BCUT2D eigenvalue weighted by molar-refractivity contribution is 7.10. The molecule has 4 heteroatoms. The van der Waals surface area contributed by atoms with Crippen molar-refractivity contribution in [1.82, 2.24) is 10.2 Å². The van der Waals surface area contributed by atoms with E-state index in [0.29, 0.717) is 17.9 Å². The number of nitrogens with zero attached hydrogens (tertiary/aromatic N) is 1. The predicted octanol–water partition coefficient (Wildman–Crippen LogP) is 3.39. The standard InChI is InChI=1S/C16H24N2OS/c1-4-12-16(19)18(13-8-7-10(2)11(13)3)15(17-12)14-6-5-9-20-14/h5-6,9-13,15,17H,4,7-8H2,1-3H3. The van der Waals surface area contributed by atoms with Gasteiger partial charge < -0.3 is 4.90 Å². The molecule has 1 aliphatic carbocycles. The Morgan fingerprint density at radius 1 is 1.40 bits per heavy atom. The second-order valence-electron chi connectivity index (χ2n) is 6.27. The molecule has 0 radical (unpaired) electrons. The van der Waals surface area contributed by atoms with Gasteiger partial charge in [-0.05, 0) is 42.5 Å². The van der Waals surface area contributed by atoms with E-state index in [0.717, 1.165) is 18.8 Å². The minimum absolute atomic E-state index is 0.00907. The maximum absolute atomic E-state index is 12.7. The van der Waals surface area contributed by atoms with Crippen LogP contribution in [0.2, 0.25) is 0 Å². The second kappa shape index (κ2) is 5.49. The van der Waals surface area contributed by atoms with Crippen molar-refractivity contribution in [2.45, 2.75) is 58.3 Å². The van der Waals surface area contributed by atoms with Gasteiger partial charge in [0.1, 0.15) is 6.17 Å². The third kappa shape index (κ3) is 2.19. The molecule has 2 fully saturated rings. The van der Waals surface area contributed by atoms with E-state index in [2.05, 4.69) is 48.5 Å². The Balaban J connectivity index is 1.90. The molecule has 110 valence electrons. The lowest BCUT2D eigenvalue weighted by Gasteiger charge is -2.33. The predicted molar refractivity (Wildman–Crippen MR) is 82.5 cm³/mol. The fraction of sp³-hybridized carbons (Fsp3) is 0.688. The van der Waals surface area contributed by atoms with E-state index >= 15 is 0 Å². The van der Waals surface area contributed by atoms with Crippen molar-refractivity contribution in [2.75, 3.05) is 0 Å². The Labute approximate surface area is 125 Å². The number of nitrogens with one attached hydrogen (secondary N) is 1. The summed E-state index contributed by atoms with van der Waals surface area (Å²) >= 11 is 1.74. The van der Waals surface area contributed by atoms with Gasteiger partial charge in [-0.1, -0.05) is 26.8 Å². The summed E-state index contributed by atoms with van der Waals surface area (Å²) in [6, 6.07) is 4.60. The van der Waals surface area contributed by atoms with Crippen LogP contribution < -0.4 is 5.32 Å². The highest BCUT2D eigenvalue weighted by Gasteiger charge is 2.46. The van der Waals surface area contributed by atoms with Crippen LogP contribution in [0, 0.1) is 11.8 Å². The van der Waals surface area contributed by atoms with E-state index in [1.165, 1.54) is 11.3 Å². The van der Waals surface area contributed by atoms with E-state index in [1.807, 2.05) is 0 Å². The van der Waals surface area contributed by atoms with Gasteiger partial charge in [0.2, 0.25) is 5.91 Å². The van der Waals surface area contributed by atoms with Crippen LogP contribution in [0.5, 0.6) is 0 Å². The lowest BCUT2D eigenvalue weighted by molar-refractivity contribution is -0.133. The average molecular weight is 292 g/mol. The number of hydrogen-bond donors (Lipinski definition) is 1. The summed E-state index contributed by atoms with van der Waals surface area (Å²) in [5.74, 6) is 1.62. The first-order valence-corrected chi connectivity index (χ1v) is 8.63. The lowest BCUT2D eigenvalue weighted by Crippen LogP contribution is -2.42. The average Bonchev–Trinajstić information content (AvgIpc) is 3.13. The van der Waals surface area contributed by atoms with Crippen LogP contribution in [-0.4, -0.2) is 22.9 Å². The van der Waals surface area contributed by atoms with Gasteiger partial charge in [-0.2, -0.15) is 0 Å². The van der Waals surface area contributed by atoms with Crippen molar-refractivity contribution in [3.8, 4) is 0 Å². The highest BCUT2D eigenvalue weighted by atomic mass is 32.1. The molecule has 1 aromatic rings. The maximum atomic E-state index is 12.7. The van der Waals surface area contributed by atoms with Gasteiger partial charge in [0.05, 0.1) is 6.04 Å². The molecule has 5 atom stereocenters. The van der Waals surface area contributed by atoms with Gasteiger partial charge in [0.25, 0.3) is 0 Å². The van der Waals surface area contributed by atoms with Crippen LogP contribution in [0.1, 0.15) is 51.1 Å². The number of thiophene rings is 1. The Hall–Kier alpha value is -0.870. The molecule has 20 heavy (non-hydrogen) atoms. The van der Waals surface area contributed by atoms with E-state index in [9.17, 15) is 4.79 Å². The van der Waals surface area contributed by atoms with Crippen molar-refractivity contribution in [3.63, 3.8) is 0 Å². The fourth-order valence-corrected chi connectivity index (χ4v) is 4.48. The molecule has 1 aromatic heterocycles. The molecule has 3 nitrogen and oxygen atoms in total. The molecule has 1 N–H and O–H groups in total. The summed E-state index contributed by atoms with van der Waals surface area (Å²) in [5.41, 5.74) is 0. The van der Waals surface area contributed by atoms with Gasteiger partial charge in [-0.25, -0.2) is 0 Å². The first-order valence-electron chi connectivity index (χ1n) is 7.75. The molecule has 5 unspecified atom stereocenters. The Bertz CT molecular complexity index is 473. The van der Waals surface area contributed by atoms with Gasteiger partial charge in [0, 0.05) is 10.9 Å². The molecule has 0 aromatic carbocycles. The summed E-state index contributed by atoms with van der Waals surface area (Å²) in [6.45, 7) is 6.71. The van der Waals surface area contributed by atoms with Crippen molar-refractivity contribution in [2.24, 2.45) is 11.8 Å². The van der Waals surface area contributed by atoms with Crippen LogP contribution in [-0.2, 0) is 4.79 Å². The van der Waals surface area contributed by atoms with Crippen molar-refractivity contribution < 1.29 is 4.79 Å². The number of carbonyl (C=O) groups is 1. The van der Waals surface area contributed by atoms with E-state index in [-0.39, 0.29) is 12.2 Å². The van der Waals surface area contributed by atoms with Crippen molar-refractivity contribution >= 4 is 17.2 Å². The Morgan fingerprint density at radius 3 is 2.75 bits per heavy atom. The van der Waals surface area contributed by atoms with Crippen LogP contribution >= 0.6 is 11.3 Å². The lowest BCUT2D eigenvalue weighted by atomic mass is 9.96. The summed E-state index contributed by atoms with van der Waals surface area (Å²) in [6.07, 6.45) is 3.34. The topological polar surface area (TPSA) is 32.3 Å². The maximum Gasteiger partial charge on any atom is 0.241 e. The molecular formula is C16H24N2OS. The molecule has 2 heterocycles. The Kier molecular flexibility index (Phi) is 3.87. The number of carbonyl (C=O) groups excluding carboxylic acids is 1. The summed E-state index contributed by atoms with van der Waals surface area (Å²) in [7, 11) is 0. The zero-order valence-corrected chi connectivity index (χ0v) is 13.3. The van der Waals surface area contributed by atoms with Gasteiger partial charge in [0.15, 0.2) is 0 Å². The van der Waals surface area contributed by atoms with Gasteiger partial charge in [-0.15, -0.1) is 11.3 Å². The quantitative estimate of drug-likeness (QED) is 0.926. The van der Waals surface area contributed by atoms with Gasteiger partial charge in [-0.3, -0.25) is 10.1 Å². The van der Waals surface area contributed by atoms with Crippen LogP contribution in [0.4, 0.5) is 0 Å². The Morgan fingerprint density at radius 2 is 2.20 bits per heavy atom. The molecule has 1 saturated heterocycles. The zero-order valence-electron chi connectivity index (χ0n) is 12.5. The van der Waals surface area contributed by atoms with Crippen molar-refractivity contribution in [3.05, 3.63) is 22.4 Å². The molecule has 1 amide bonds. The van der Waals surface area contributed by atoms with E-state index < -0.39 is 0 Å². The summed E-state index contributed by atoms with van der Waals surface area (Å²) < 4.78 is 0. The summed E-state index contributed by atoms with van der Waals surface area (Å²) in [4.78, 5) is 16.2. The molecule has 1 saturated carbocycles. The normalized spacial score (nSPS) is 37.9. The number of hydrogen-bond acceptors (Lipinski definition) is 3. The largest absolute Gasteiger partial charge is 0.317 e. The number of amides is 1. The van der Waals surface area contributed by atoms with Crippen LogP contribution in [0.3, 0.4) is 0 Å². The molecule has 0 bridgehead atoms. The third-order valence-corrected chi connectivity index (χ3v) is 6.12. The SMILES string of the molecule is CCC1NC(c2cccs2)N(C2CCC(C)C2C)C1=O. The molecule has 1 aliphatic heterocycles. The third-order valence-electron chi connectivity index (χ3n) is 5.19. The smallest absolute Gasteiger partial charge is 0.241 e. The molecular weight excluding hydrogens is 268 g/mol. The van der Waals surface area contributed by atoms with Gasteiger partial charge >= 0.3 is 0 Å². The van der Waals surface area contributed by atoms with Crippen LogP contribution in [0.25, 0.3) is 0 Å². The minimum atomic E-state index is -0.00907. The molecule has 2 aliphatic rings. The second-order valence-corrected chi connectivity index (χ2v) is 7.25. The minimum Gasteiger partial charge on any atom is -0.317 e. The number of rotatable bonds is 3. The van der Waals surface area contributed by atoms with E-state index in [1.54, 1.807) is 11.3 Å². The fourth-order valence-electron chi connectivity index (χ4n) is 3.69. The van der Waals surface area contributed by atoms with Crippen LogP contribution in [0.15, 0.2) is 17.5 Å². The highest BCUT2D eigenvalue weighted by Crippen LogP contribution is 2.41. The van der Waals surface area contributed by atoms with E-state index in [4.69, 9.17) is 0 Å². The van der Waals surface area contributed by atoms with Crippen molar-refractivity contribution in [1.29, 1.82) is 0 Å². The summed E-state index contributed by atoms with van der Waals surface area (Å²) in [5, 5.41) is 5.64.